The lowest BCUT2D eigenvalue weighted by molar-refractivity contribution is -0.136. The smallest absolute Gasteiger partial charge is 0.225 e. The number of amides is 1. The van der Waals surface area contributed by atoms with Crippen LogP contribution in [0.1, 0.15) is 58.3 Å². The van der Waals surface area contributed by atoms with Gasteiger partial charge in [-0.2, -0.15) is 0 Å². The highest BCUT2D eigenvalue weighted by Gasteiger charge is 2.36. The molecule has 1 saturated carbocycles. The Morgan fingerprint density at radius 1 is 1.12 bits per heavy atom. The van der Waals surface area contributed by atoms with Crippen LogP contribution in [-0.2, 0) is 14.8 Å². The molecule has 1 aliphatic carbocycles. The van der Waals surface area contributed by atoms with Crippen molar-refractivity contribution in [3.8, 4) is 0 Å². The van der Waals surface area contributed by atoms with Gasteiger partial charge < -0.3 is 10.2 Å². The van der Waals surface area contributed by atoms with Gasteiger partial charge in [0.2, 0.25) is 15.9 Å². The van der Waals surface area contributed by atoms with Crippen LogP contribution in [0.3, 0.4) is 0 Å². The van der Waals surface area contributed by atoms with E-state index in [1.165, 1.54) is 0 Å². The van der Waals surface area contributed by atoms with E-state index in [0.29, 0.717) is 25.6 Å². The molecule has 3 rings (SSSR count). The van der Waals surface area contributed by atoms with E-state index < -0.39 is 15.3 Å². The predicted molar refractivity (Wildman–Crippen MR) is 101 cm³/mol. The molecule has 6 nitrogen and oxygen atoms in total. The fourth-order valence-corrected chi connectivity index (χ4v) is 6.11. The van der Waals surface area contributed by atoms with Crippen LogP contribution in [0, 0.1) is 5.92 Å². The van der Waals surface area contributed by atoms with Crippen molar-refractivity contribution in [1.82, 2.24) is 14.9 Å². The number of halogens is 1. The molecule has 0 aromatic rings. The Morgan fingerprint density at radius 2 is 1.84 bits per heavy atom. The third kappa shape index (κ3) is 5.31. The second-order valence-corrected chi connectivity index (χ2v) is 9.76. The van der Waals surface area contributed by atoms with E-state index >= 15 is 0 Å². The Balaban J connectivity index is 0.00000225. The molecule has 146 valence electrons. The number of hydrogen-bond donors (Lipinski definition) is 2. The van der Waals surface area contributed by atoms with Crippen LogP contribution in [0.2, 0.25) is 0 Å². The van der Waals surface area contributed by atoms with Crippen molar-refractivity contribution in [2.75, 3.05) is 19.6 Å². The van der Waals surface area contributed by atoms with Crippen LogP contribution in [-0.4, -0.2) is 56.2 Å². The number of carbonyl (C=O) groups is 1. The largest absolute Gasteiger partial charge is 0.341 e. The van der Waals surface area contributed by atoms with E-state index in [1.807, 2.05) is 4.90 Å². The van der Waals surface area contributed by atoms with Crippen molar-refractivity contribution >= 4 is 28.3 Å². The Bertz CT molecular complexity index is 551. The number of carbonyl (C=O) groups excluding carboxylic acids is 1. The monoisotopic (exact) mass is 393 g/mol. The summed E-state index contributed by atoms with van der Waals surface area (Å²) >= 11 is 0. The summed E-state index contributed by atoms with van der Waals surface area (Å²) in [5.41, 5.74) is 0. The zero-order valence-corrected chi connectivity index (χ0v) is 16.7. The van der Waals surface area contributed by atoms with E-state index in [4.69, 9.17) is 0 Å². The van der Waals surface area contributed by atoms with Gasteiger partial charge >= 0.3 is 0 Å². The van der Waals surface area contributed by atoms with Gasteiger partial charge in [0.1, 0.15) is 0 Å². The van der Waals surface area contributed by atoms with Crippen LogP contribution >= 0.6 is 12.4 Å². The zero-order chi connectivity index (χ0) is 17.2. The second kappa shape index (κ2) is 9.02. The minimum Gasteiger partial charge on any atom is -0.341 e. The molecule has 2 heterocycles. The highest BCUT2D eigenvalue weighted by molar-refractivity contribution is 7.90. The van der Waals surface area contributed by atoms with E-state index in [2.05, 4.69) is 17.0 Å². The normalized spacial score (nSPS) is 31.6. The van der Waals surface area contributed by atoms with E-state index in [0.717, 1.165) is 51.5 Å². The summed E-state index contributed by atoms with van der Waals surface area (Å²) in [4.78, 5) is 14.4. The fraction of sp³-hybridized carbons (Fsp3) is 0.941. The lowest BCUT2D eigenvalue weighted by atomic mass is 10.0. The molecule has 1 amide bonds. The first-order valence-electron chi connectivity index (χ1n) is 9.49. The molecular formula is C17H32ClN3O3S. The summed E-state index contributed by atoms with van der Waals surface area (Å²) < 4.78 is 28.5. The average Bonchev–Trinajstić information content (AvgIpc) is 3.08. The maximum atomic E-state index is 12.8. The highest BCUT2D eigenvalue weighted by Crippen LogP contribution is 2.28. The number of hydrogen-bond acceptors (Lipinski definition) is 4. The molecular weight excluding hydrogens is 362 g/mol. The molecule has 3 unspecified atom stereocenters. The van der Waals surface area contributed by atoms with E-state index in [-0.39, 0.29) is 30.3 Å². The van der Waals surface area contributed by atoms with Gasteiger partial charge in [0, 0.05) is 31.1 Å². The summed E-state index contributed by atoms with van der Waals surface area (Å²) in [5.74, 6) is 0.313. The van der Waals surface area contributed by atoms with Crippen LogP contribution in [0.5, 0.6) is 0 Å². The second-order valence-electron chi connectivity index (χ2n) is 7.77. The molecule has 3 aliphatic rings. The number of nitrogens with zero attached hydrogens (tertiary/aromatic N) is 1. The summed E-state index contributed by atoms with van der Waals surface area (Å²) in [5, 5.41) is 2.89. The quantitative estimate of drug-likeness (QED) is 0.761. The van der Waals surface area contributed by atoms with Crippen LogP contribution < -0.4 is 10.0 Å². The molecule has 0 radical (unpaired) electrons. The van der Waals surface area contributed by atoms with Crippen molar-refractivity contribution in [1.29, 1.82) is 0 Å². The summed E-state index contributed by atoms with van der Waals surface area (Å²) in [7, 11) is -3.37. The molecule has 3 atom stereocenters. The van der Waals surface area contributed by atoms with Gasteiger partial charge in [-0.1, -0.05) is 12.8 Å². The van der Waals surface area contributed by atoms with Crippen molar-refractivity contribution in [3.63, 3.8) is 0 Å². The minimum atomic E-state index is -3.37. The van der Waals surface area contributed by atoms with Gasteiger partial charge in [-0.3, -0.25) is 4.79 Å². The molecule has 8 heteroatoms. The number of nitrogens with one attached hydrogen (secondary N) is 2. The van der Waals surface area contributed by atoms with Crippen LogP contribution in [0.25, 0.3) is 0 Å². The topological polar surface area (TPSA) is 78.5 Å². The van der Waals surface area contributed by atoms with E-state index in [1.54, 1.807) is 0 Å². The summed E-state index contributed by atoms with van der Waals surface area (Å²) in [6.45, 7) is 4.02. The van der Waals surface area contributed by atoms with Gasteiger partial charge in [-0.05, 0) is 52.0 Å². The molecule has 25 heavy (non-hydrogen) atoms. The maximum Gasteiger partial charge on any atom is 0.225 e. The highest BCUT2D eigenvalue weighted by atomic mass is 35.5. The summed E-state index contributed by atoms with van der Waals surface area (Å²) in [6, 6.07) is 0.366. The first kappa shape index (κ1) is 20.9. The lowest BCUT2D eigenvalue weighted by Crippen LogP contribution is -2.53. The Labute approximate surface area is 157 Å². The third-order valence-electron chi connectivity index (χ3n) is 5.79. The van der Waals surface area contributed by atoms with Crippen LogP contribution in [0.15, 0.2) is 0 Å². The van der Waals surface area contributed by atoms with Gasteiger partial charge in [0.25, 0.3) is 0 Å². The molecule has 0 aromatic heterocycles. The van der Waals surface area contributed by atoms with E-state index in [9.17, 15) is 13.2 Å². The maximum absolute atomic E-state index is 12.8. The molecule has 2 saturated heterocycles. The van der Waals surface area contributed by atoms with Crippen molar-refractivity contribution in [2.24, 2.45) is 5.92 Å². The zero-order valence-electron chi connectivity index (χ0n) is 15.1. The molecule has 2 N–H and O–H groups in total. The van der Waals surface area contributed by atoms with Gasteiger partial charge in [-0.25, -0.2) is 13.1 Å². The number of piperidine rings is 2. The fourth-order valence-electron chi connectivity index (χ4n) is 4.39. The SMILES string of the molecule is CC1CC(NS(=O)(=O)C2CCCN(C(=O)C3CCCC3)C2)CCN1.Cl. The molecule has 0 spiro atoms. The molecule has 2 aliphatic heterocycles. The Hall–Kier alpha value is -0.370. The van der Waals surface area contributed by atoms with Crippen molar-refractivity contribution in [3.05, 3.63) is 0 Å². The van der Waals surface area contributed by atoms with Crippen molar-refractivity contribution in [2.45, 2.75) is 75.6 Å². The lowest BCUT2D eigenvalue weighted by Gasteiger charge is -2.35. The van der Waals surface area contributed by atoms with Crippen molar-refractivity contribution < 1.29 is 13.2 Å². The number of likely N-dealkylation sites (tertiary alicyclic amines) is 1. The minimum absolute atomic E-state index is 0. The van der Waals surface area contributed by atoms with Crippen LogP contribution in [0.4, 0.5) is 0 Å². The Kier molecular flexibility index (Phi) is 7.55. The molecule has 0 bridgehead atoms. The number of sulfonamides is 1. The first-order chi connectivity index (χ1) is 11.5. The molecule has 3 fully saturated rings. The average molecular weight is 394 g/mol. The standard InChI is InChI=1S/C17H31N3O3S.ClH/c1-13-11-15(8-9-18-13)19-24(22,23)16-7-4-10-20(12-16)17(21)14-5-2-3-6-14;/h13-16,18-19H,2-12H2,1H3;1H. The Morgan fingerprint density at radius 3 is 2.52 bits per heavy atom. The first-order valence-corrected chi connectivity index (χ1v) is 11.0. The van der Waals surface area contributed by atoms with Gasteiger partial charge in [0.05, 0.1) is 5.25 Å². The number of rotatable bonds is 4. The van der Waals surface area contributed by atoms with Gasteiger partial charge in [-0.15, -0.1) is 12.4 Å². The summed E-state index contributed by atoms with van der Waals surface area (Å²) in [6.07, 6.45) is 7.30. The molecule has 0 aromatic carbocycles. The predicted octanol–water partition coefficient (Wildman–Crippen LogP) is 1.65. The third-order valence-corrected chi connectivity index (χ3v) is 7.71. The van der Waals surface area contributed by atoms with Gasteiger partial charge in [0.15, 0.2) is 0 Å².